The van der Waals surface area contributed by atoms with Crippen molar-refractivity contribution in [2.75, 3.05) is 19.0 Å². The lowest BCUT2D eigenvalue weighted by Crippen LogP contribution is -2.09. The van der Waals surface area contributed by atoms with Crippen LogP contribution in [0.25, 0.3) is 0 Å². The van der Waals surface area contributed by atoms with Crippen LogP contribution in [0.1, 0.15) is 30.5 Å². The standard InChI is InChI=1S/C18H21NO2/c1-3-17(19-15-5-7-16(20-2)8-6-15)13-4-9-18-14(12-13)10-11-21-18/h4-9,12,17,19H,3,10-11H2,1-2H3. The molecule has 3 nitrogen and oxygen atoms in total. The van der Waals surface area contributed by atoms with Gasteiger partial charge in [0.2, 0.25) is 0 Å². The number of fused-ring (bicyclic) bond motifs is 1. The monoisotopic (exact) mass is 283 g/mol. The van der Waals surface area contributed by atoms with Gasteiger partial charge in [0.1, 0.15) is 11.5 Å². The van der Waals surface area contributed by atoms with E-state index in [1.807, 2.05) is 12.1 Å². The Kier molecular flexibility index (Phi) is 4.00. The average Bonchev–Trinajstić information content (AvgIpc) is 3.00. The highest BCUT2D eigenvalue weighted by molar-refractivity contribution is 5.49. The van der Waals surface area contributed by atoms with Crippen LogP contribution in [0.15, 0.2) is 42.5 Å². The van der Waals surface area contributed by atoms with E-state index in [1.165, 1.54) is 11.1 Å². The zero-order chi connectivity index (χ0) is 14.7. The SMILES string of the molecule is CCC(Nc1ccc(OC)cc1)c1ccc2c(c1)CCO2. The minimum absolute atomic E-state index is 0.310. The molecule has 0 saturated heterocycles. The maximum atomic E-state index is 5.58. The Morgan fingerprint density at radius 3 is 2.71 bits per heavy atom. The van der Waals surface area contributed by atoms with Crippen molar-refractivity contribution in [1.29, 1.82) is 0 Å². The van der Waals surface area contributed by atoms with Gasteiger partial charge >= 0.3 is 0 Å². The Bertz CT molecular complexity index is 607. The van der Waals surface area contributed by atoms with Gasteiger partial charge in [0.25, 0.3) is 0 Å². The summed E-state index contributed by atoms with van der Waals surface area (Å²) in [6, 6.07) is 14.9. The highest BCUT2D eigenvalue weighted by Gasteiger charge is 2.16. The van der Waals surface area contributed by atoms with Crippen LogP contribution in [-0.4, -0.2) is 13.7 Å². The minimum atomic E-state index is 0.310. The summed E-state index contributed by atoms with van der Waals surface area (Å²) in [4.78, 5) is 0. The number of rotatable bonds is 5. The Labute approximate surface area is 125 Å². The molecule has 0 bridgehead atoms. The topological polar surface area (TPSA) is 30.5 Å². The molecule has 0 aromatic heterocycles. The molecule has 0 saturated carbocycles. The van der Waals surface area contributed by atoms with Gasteiger partial charge in [-0.3, -0.25) is 0 Å². The first-order valence-electron chi connectivity index (χ1n) is 7.46. The van der Waals surface area contributed by atoms with Gasteiger partial charge in [0.05, 0.1) is 19.8 Å². The third-order valence-corrected chi connectivity index (χ3v) is 3.96. The predicted molar refractivity (Wildman–Crippen MR) is 85.3 cm³/mol. The van der Waals surface area contributed by atoms with Crippen molar-refractivity contribution < 1.29 is 9.47 Å². The second-order valence-corrected chi connectivity index (χ2v) is 5.30. The molecule has 1 aliphatic rings. The number of ether oxygens (including phenoxy) is 2. The van der Waals surface area contributed by atoms with E-state index in [4.69, 9.17) is 9.47 Å². The molecule has 2 aromatic rings. The lowest BCUT2D eigenvalue weighted by atomic mass is 10.0. The van der Waals surface area contributed by atoms with E-state index in [-0.39, 0.29) is 0 Å². The molecule has 1 N–H and O–H groups in total. The van der Waals surface area contributed by atoms with Crippen LogP contribution in [0.3, 0.4) is 0 Å². The average molecular weight is 283 g/mol. The van der Waals surface area contributed by atoms with Crippen molar-refractivity contribution in [2.24, 2.45) is 0 Å². The maximum Gasteiger partial charge on any atom is 0.122 e. The fraction of sp³-hybridized carbons (Fsp3) is 0.333. The predicted octanol–water partition coefficient (Wildman–Crippen LogP) is 4.19. The molecule has 3 heteroatoms. The molecular formula is C18H21NO2. The summed E-state index contributed by atoms with van der Waals surface area (Å²) >= 11 is 0. The highest BCUT2D eigenvalue weighted by atomic mass is 16.5. The third-order valence-electron chi connectivity index (χ3n) is 3.96. The van der Waals surface area contributed by atoms with Crippen LogP contribution in [-0.2, 0) is 6.42 Å². The Balaban J connectivity index is 1.78. The fourth-order valence-electron chi connectivity index (χ4n) is 2.73. The van der Waals surface area contributed by atoms with Crippen molar-refractivity contribution in [2.45, 2.75) is 25.8 Å². The molecule has 1 heterocycles. The first-order chi connectivity index (χ1) is 10.3. The van der Waals surface area contributed by atoms with Crippen LogP contribution in [0.4, 0.5) is 5.69 Å². The van der Waals surface area contributed by atoms with E-state index in [2.05, 4.69) is 42.6 Å². The van der Waals surface area contributed by atoms with Gasteiger partial charge in [-0.15, -0.1) is 0 Å². The van der Waals surface area contributed by atoms with Crippen LogP contribution in [0, 0.1) is 0 Å². The molecule has 2 aromatic carbocycles. The fourth-order valence-corrected chi connectivity index (χ4v) is 2.73. The number of hydrogen-bond donors (Lipinski definition) is 1. The van der Waals surface area contributed by atoms with Crippen molar-refractivity contribution in [3.63, 3.8) is 0 Å². The molecule has 1 atom stereocenters. The molecular weight excluding hydrogens is 262 g/mol. The van der Waals surface area contributed by atoms with E-state index < -0.39 is 0 Å². The Hall–Kier alpha value is -2.16. The number of anilines is 1. The van der Waals surface area contributed by atoms with Gasteiger partial charge < -0.3 is 14.8 Å². The first-order valence-corrected chi connectivity index (χ1v) is 7.46. The molecule has 1 unspecified atom stereocenters. The number of nitrogens with one attached hydrogen (secondary N) is 1. The molecule has 0 fully saturated rings. The van der Waals surface area contributed by atoms with Gasteiger partial charge in [0, 0.05) is 12.1 Å². The molecule has 0 spiro atoms. The molecule has 1 aliphatic heterocycles. The van der Waals surface area contributed by atoms with Crippen molar-refractivity contribution in [3.05, 3.63) is 53.6 Å². The quantitative estimate of drug-likeness (QED) is 0.892. The van der Waals surface area contributed by atoms with Gasteiger partial charge in [-0.1, -0.05) is 13.0 Å². The van der Waals surface area contributed by atoms with E-state index >= 15 is 0 Å². The van der Waals surface area contributed by atoms with E-state index in [1.54, 1.807) is 7.11 Å². The molecule has 0 aliphatic carbocycles. The van der Waals surface area contributed by atoms with E-state index in [0.717, 1.165) is 36.6 Å². The normalized spacial score (nSPS) is 14.2. The highest BCUT2D eigenvalue weighted by Crippen LogP contribution is 2.31. The summed E-state index contributed by atoms with van der Waals surface area (Å²) in [6.45, 7) is 3.01. The second-order valence-electron chi connectivity index (χ2n) is 5.30. The summed E-state index contributed by atoms with van der Waals surface area (Å²) in [5, 5.41) is 3.59. The minimum Gasteiger partial charge on any atom is -0.497 e. The Morgan fingerprint density at radius 1 is 1.19 bits per heavy atom. The van der Waals surface area contributed by atoms with Crippen molar-refractivity contribution in [1.82, 2.24) is 0 Å². The smallest absolute Gasteiger partial charge is 0.122 e. The maximum absolute atomic E-state index is 5.58. The summed E-state index contributed by atoms with van der Waals surface area (Å²) in [6.07, 6.45) is 2.05. The van der Waals surface area contributed by atoms with Crippen LogP contribution >= 0.6 is 0 Å². The largest absolute Gasteiger partial charge is 0.497 e. The molecule has 0 amide bonds. The van der Waals surface area contributed by atoms with Crippen molar-refractivity contribution in [3.8, 4) is 11.5 Å². The zero-order valence-corrected chi connectivity index (χ0v) is 12.6. The van der Waals surface area contributed by atoms with E-state index in [9.17, 15) is 0 Å². The molecule has 0 radical (unpaired) electrons. The second kappa shape index (κ2) is 6.08. The number of benzene rings is 2. The van der Waals surface area contributed by atoms with Crippen LogP contribution in [0.5, 0.6) is 11.5 Å². The van der Waals surface area contributed by atoms with Crippen LogP contribution in [0.2, 0.25) is 0 Å². The van der Waals surface area contributed by atoms with E-state index in [0.29, 0.717) is 6.04 Å². The third kappa shape index (κ3) is 2.97. The first kappa shape index (κ1) is 13.8. The van der Waals surface area contributed by atoms with Gasteiger partial charge in [-0.25, -0.2) is 0 Å². The number of methoxy groups -OCH3 is 1. The lowest BCUT2D eigenvalue weighted by Gasteiger charge is -2.19. The molecule has 21 heavy (non-hydrogen) atoms. The lowest BCUT2D eigenvalue weighted by molar-refractivity contribution is 0.357. The van der Waals surface area contributed by atoms with Gasteiger partial charge in [-0.05, 0) is 53.9 Å². The number of hydrogen-bond acceptors (Lipinski definition) is 3. The molecule has 110 valence electrons. The van der Waals surface area contributed by atoms with Crippen LogP contribution < -0.4 is 14.8 Å². The van der Waals surface area contributed by atoms with Crippen molar-refractivity contribution >= 4 is 5.69 Å². The summed E-state index contributed by atoms with van der Waals surface area (Å²) in [7, 11) is 1.68. The Morgan fingerprint density at radius 2 is 2.00 bits per heavy atom. The summed E-state index contributed by atoms with van der Waals surface area (Å²) < 4.78 is 10.8. The summed E-state index contributed by atoms with van der Waals surface area (Å²) in [5.41, 5.74) is 3.75. The summed E-state index contributed by atoms with van der Waals surface area (Å²) in [5.74, 6) is 1.92. The van der Waals surface area contributed by atoms with Gasteiger partial charge in [0.15, 0.2) is 0 Å². The van der Waals surface area contributed by atoms with Gasteiger partial charge in [-0.2, -0.15) is 0 Å². The zero-order valence-electron chi connectivity index (χ0n) is 12.6. The molecule has 3 rings (SSSR count).